The Morgan fingerprint density at radius 2 is 2.03 bits per heavy atom. The van der Waals surface area contributed by atoms with E-state index in [0.29, 0.717) is 5.92 Å². The lowest BCUT2D eigenvalue weighted by Gasteiger charge is -2.52. The molecule has 0 aromatic carbocycles. The average molecular weight is 456 g/mol. The summed E-state index contributed by atoms with van der Waals surface area (Å²) in [6, 6.07) is -1.00. The molecule has 8 heteroatoms. The summed E-state index contributed by atoms with van der Waals surface area (Å²) in [4.78, 5) is 22.8. The van der Waals surface area contributed by atoms with Gasteiger partial charge in [-0.3, -0.25) is 9.59 Å². The van der Waals surface area contributed by atoms with E-state index in [-0.39, 0.29) is 6.42 Å². The van der Waals surface area contributed by atoms with Crippen molar-refractivity contribution in [3.05, 3.63) is 23.8 Å². The molecule has 0 aromatic heterocycles. The summed E-state index contributed by atoms with van der Waals surface area (Å²) in [5.41, 5.74) is -0.851. The van der Waals surface area contributed by atoms with Crippen LogP contribution in [0.15, 0.2) is 23.8 Å². The van der Waals surface area contributed by atoms with Gasteiger partial charge in [0.15, 0.2) is 10.7 Å². The molecule has 174 valence electrons. The van der Waals surface area contributed by atoms with Crippen LogP contribution >= 0.6 is 11.6 Å². The van der Waals surface area contributed by atoms with Crippen molar-refractivity contribution >= 4 is 23.3 Å². The van der Waals surface area contributed by atoms with Gasteiger partial charge < -0.3 is 25.4 Å². The fourth-order valence-corrected chi connectivity index (χ4v) is 5.35. The van der Waals surface area contributed by atoms with Gasteiger partial charge in [0.05, 0.1) is 6.04 Å². The van der Waals surface area contributed by atoms with Crippen LogP contribution in [0.2, 0.25) is 0 Å². The van der Waals surface area contributed by atoms with E-state index >= 15 is 0 Å². The number of halogens is 1. The van der Waals surface area contributed by atoms with Gasteiger partial charge in [-0.15, -0.1) is 11.6 Å². The number of allylic oxidation sites excluding steroid dienone is 3. The second-order valence-electron chi connectivity index (χ2n) is 9.34. The van der Waals surface area contributed by atoms with Gasteiger partial charge in [-0.1, -0.05) is 57.3 Å². The maximum absolute atomic E-state index is 12.5. The topological polar surface area (TPSA) is 119 Å². The monoisotopic (exact) mass is 455 g/mol. The predicted octanol–water partition coefficient (Wildman–Crippen LogP) is 1.76. The highest BCUT2D eigenvalue weighted by Crippen LogP contribution is 2.54. The van der Waals surface area contributed by atoms with E-state index in [1.54, 1.807) is 6.08 Å². The summed E-state index contributed by atoms with van der Waals surface area (Å²) < 4.78 is 5.21. The van der Waals surface area contributed by atoms with Gasteiger partial charge >= 0.3 is 0 Å². The molecule has 8 atom stereocenters. The van der Waals surface area contributed by atoms with Crippen molar-refractivity contribution in [2.75, 3.05) is 0 Å². The van der Waals surface area contributed by atoms with E-state index in [0.717, 1.165) is 12.0 Å². The molecule has 31 heavy (non-hydrogen) atoms. The minimum absolute atomic E-state index is 0.165. The number of unbranched alkanes of at least 4 members (excludes halogenated alkanes) is 3. The second-order valence-corrected chi connectivity index (χ2v) is 9.96. The number of epoxide rings is 1. The summed E-state index contributed by atoms with van der Waals surface area (Å²) >= 11 is 6.32. The number of carbonyl (C=O) groups excluding carboxylic acids is 2. The number of hydrogen-bond acceptors (Lipinski definition) is 6. The number of aliphatic hydroxyl groups is 3. The third-order valence-corrected chi connectivity index (χ3v) is 7.35. The van der Waals surface area contributed by atoms with Crippen molar-refractivity contribution in [2.45, 2.75) is 100 Å². The molecule has 2 saturated carbocycles. The first-order valence-electron chi connectivity index (χ1n) is 11.2. The highest BCUT2D eigenvalue weighted by molar-refractivity contribution is 6.38. The Morgan fingerprint density at radius 1 is 1.32 bits per heavy atom. The van der Waals surface area contributed by atoms with Crippen LogP contribution in [0.5, 0.6) is 0 Å². The van der Waals surface area contributed by atoms with E-state index in [2.05, 4.69) is 25.2 Å². The van der Waals surface area contributed by atoms with Crippen molar-refractivity contribution in [1.82, 2.24) is 5.32 Å². The van der Waals surface area contributed by atoms with Crippen LogP contribution < -0.4 is 5.32 Å². The quantitative estimate of drug-likeness (QED) is 0.138. The molecule has 1 heterocycles. The number of carbonyl (C=O) groups is 2. The molecule has 0 spiro atoms. The molecule has 0 radical (unpaired) electrons. The van der Waals surface area contributed by atoms with E-state index in [1.165, 1.54) is 31.8 Å². The van der Waals surface area contributed by atoms with Gasteiger partial charge in [0.2, 0.25) is 5.91 Å². The molecule has 4 N–H and O–H groups in total. The Hall–Kier alpha value is -1.25. The zero-order valence-corrected chi connectivity index (χ0v) is 19.1. The fraction of sp³-hybridized carbons (Fsp3) is 0.739. The molecule has 3 aliphatic rings. The first-order chi connectivity index (χ1) is 14.6. The van der Waals surface area contributed by atoms with Crippen molar-refractivity contribution in [1.29, 1.82) is 0 Å². The number of ether oxygens (including phenoxy) is 1. The highest BCUT2D eigenvalue weighted by Gasteiger charge is 2.78. The van der Waals surface area contributed by atoms with Gasteiger partial charge in [0, 0.05) is 12.5 Å². The van der Waals surface area contributed by atoms with Gasteiger partial charge in [-0.25, -0.2) is 0 Å². The smallest absolute Gasteiger partial charge is 0.244 e. The number of aliphatic hydroxyl groups excluding tert-OH is 2. The maximum Gasteiger partial charge on any atom is 0.244 e. The highest BCUT2D eigenvalue weighted by atomic mass is 35.5. The van der Waals surface area contributed by atoms with E-state index in [1.807, 2.05) is 6.92 Å². The second kappa shape index (κ2) is 9.32. The predicted molar refractivity (Wildman–Crippen MR) is 117 cm³/mol. The summed E-state index contributed by atoms with van der Waals surface area (Å²) in [7, 11) is 0. The Kier molecular flexibility index (Phi) is 7.33. The summed E-state index contributed by atoms with van der Waals surface area (Å²) in [6.07, 6.45) is 5.94. The minimum Gasteiger partial charge on any atom is -0.389 e. The summed E-state index contributed by atoms with van der Waals surface area (Å²) in [5.74, 6) is -0.732. The maximum atomic E-state index is 12.5. The largest absolute Gasteiger partial charge is 0.389 e. The zero-order valence-electron chi connectivity index (χ0n) is 18.4. The number of rotatable bonds is 9. The number of amides is 1. The first-order valence-corrected chi connectivity index (χ1v) is 11.6. The normalized spacial score (nSPS) is 40.5. The molecule has 2 aliphatic carbocycles. The van der Waals surface area contributed by atoms with Crippen LogP contribution in [-0.4, -0.2) is 67.9 Å². The van der Waals surface area contributed by atoms with E-state index in [4.69, 9.17) is 16.3 Å². The Bertz CT molecular complexity index is 769. The molecule has 8 unspecified atom stereocenters. The molecule has 3 fully saturated rings. The van der Waals surface area contributed by atoms with Crippen molar-refractivity contribution in [3.63, 3.8) is 0 Å². The number of alkyl halides is 1. The standard InChI is InChI=1S/C23H34ClNO6/c1-4-5-6-7-8-13(2)11-14(3)9-10-16(26)25-15-12-22(30)20-17(31-20)19(28)23(24,18(15)27)21(22)29/h9-11,13,15,17-18,20-21,27,29-30H,4-8,12H2,1-3H3,(H,25,26). The molecular formula is C23H34ClNO6. The SMILES string of the molecule is CCCCCCC(C)C=C(C)C=CC(=O)NC1CC2(O)C3OC3C(=O)C(Cl)(C1O)C2O. The van der Waals surface area contributed by atoms with Crippen LogP contribution in [-0.2, 0) is 14.3 Å². The number of hydrogen-bond donors (Lipinski definition) is 4. The summed E-state index contributed by atoms with van der Waals surface area (Å²) in [6.45, 7) is 6.25. The van der Waals surface area contributed by atoms with Crippen LogP contribution in [0.1, 0.15) is 59.3 Å². The van der Waals surface area contributed by atoms with Crippen LogP contribution in [0.3, 0.4) is 0 Å². The third kappa shape index (κ3) is 4.62. The van der Waals surface area contributed by atoms with Crippen LogP contribution in [0.25, 0.3) is 0 Å². The number of fused-ring (bicyclic) bond motifs is 4. The zero-order chi connectivity index (χ0) is 23.0. The molecule has 3 rings (SSSR count). The van der Waals surface area contributed by atoms with E-state index < -0.39 is 52.6 Å². The number of Topliss-reactive ketones (excluding diaryl/α,β-unsaturated/α-hetero) is 1. The van der Waals surface area contributed by atoms with Gasteiger partial charge in [-0.2, -0.15) is 0 Å². The van der Waals surface area contributed by atoms with Gasteiger partial charge in [0.1, 0.15) is 30.0 Å². The van der Waals surface area contributed by atoms with Crippen molar-refractivity contribution in [3.8, 4) is 0 Å². The molecule has 1 saturated heterocycles. The Labute approximate surface area is 188 Å². The number of ketones is 1. The molecule has 2 bridgehead atoms. The molecule has 7 nitrogen and oxygen atoms in total. The average Bonchev–Trinajstić information content (AvgIpc) is 3.52. The number of nitrogens with one attached hydrogen (secondary N) is 1. The summed E-state index contributed by atoms with van der Waals surface area (Å²) in [5, 5.41) is 34.6. The molecule has 1 aliphatic heterocycles. The Balaban J connectivity index is 1.59. The Morgan fingerprint density at radius 3 is 2.71 bits per heavy atom. The lowest BCUT2D eigenvalue weighted by atomic mass is 9.62. The van der Waals surface area contributed by atoms with Gasteiger partial charge in [0.25, 0.3) is 0 Å². The lowest BCUT2D eigenvalue weighted by molar-refractivity contribution is -0.180. The molecule has 1 amide bonds. The first kappa shape index (κ1) is 24.4. The van der Waals surface area contributed by atoms with Crippen molar-refractivity contribution < 1.29 is 29.6 Å². The molecule has 0 aromatic rings. The van der Waals surface area contributed by atoms with E-state index in [9.17, 15) is 24.9 Å². The minimum atomic E-state index is -2.12. The van der Waals surface area contributed by atoms with Crippen LogP contribution in [0.4, 0.5) is 0 Å². The van der Waals surface area contributed by atoms with Crippen molar-refractivity contribution in [2.24, 2.45) is 5.92 Å². The molecular weight excluding hydrogens is 422 g/mol. The lowest BCUT2D eigenvalue weighted by Crippen LogP contribution is -2.77. The van der Waals surface area contributed by atoms with Crippen LogP contribution in [0, 0.1) is 5.92 Å². The fourth-order valence-electron chi connectivity index (χ4n) is 4.90. The van der Waals surface area contributed by atoms with Gasteiger partial charge in [-0.05, 0) is 19.3 Å². The third-order valence-electron chi connectivity index (χ3n) is 6.74.